The second-order valence-electron chi connectivity index (χ2n) is 4.64. The van der Waals surface area contributed by atoms with Crippen molar-refractivity contribution < 1.29 is 31.5 Å². The number of primary sulfonamides is 1. The van der Waals surface area contributed by atoms with Crippen molar-refractivity contribution in [3.8, 4) is 0 Å². The summed E-state index contributed by atoms with van der Waals surface area (Å²) in [6.45, 7) is 0.951. The van der Waals surface area contributed by atoms with Crippen LogP contribution in [0.15, 0.2) is 17.0 Å². The number of hydrogen-bond donors (Lipinski definition) is 1. The second-order valence-corrected chi connectivity index (χ2v) is 6.17. The number of sulfonamides is 1. The quantitative estimate of drug-likeness (QED) is 0.828. The van der Waals surface area contributed by atoms with Crippen LogP contribution in [0.25, 0.3) is 0 Å². The molecule has 1 unspecified atom stereocenters. The number of ether oxygens (including phenoxy) is 2. The maximum absolute atomic E-state index is 13.9. The van der Waals surface area contributed by atoms with E-state index in [9.17, 15) is 22.0 Å². The minimum atomic E-state index is -4.49. The van der Waals surface area contributed by atoms with E-state index in [-0.39, 0.29) is 12.5 Å². The molecule has 1 aliphatic rings. The van der Waals surface area contributed by atoms with E-state index in [2.05, 4.69) is 0 Å². The number of halogens is 2. The number of esters is 1. The maximum atomic E-state index is 13.9. The smallest absolute Gasteiger partial charge is 0.341 e. The molecule has 1 fully saturated rings. The molecule has 1 aliphatic heterocycles. The van der Waals surface area contributed by atoms with Crippen molar-refractivity contribution in [2.75, 3.05) is 19.8 Å². The van der Waals surface area contributed by atoms with Gasteiger partial charge >= 0.3 is 5.97 Å². The first-order valence-electron chi connectivity index (χ1n) is 6.05. The van der Waals surface area contributed by atoms with Crippen LogP contribution in [0.2, 0.25) is 0 Å². The van der Waals surface area contributed by atoms with E-state index in [0.29, 0.717) is 31.8 Å². The van der Waals surface area contributed by atoms with Crippen LogP contribution in [0, 0.1) is 17.6 Å². The maximum Gasteiger partial charge on any atom is 0.341 e. The summed E-state index contributed by atoms with van der Waals surface area (Å²) in [5.41, 5.74) is -0.807. The lowest BCUT2D eigenvalue weighted by molar-refractivity contribution is 0.0421. The average Bonchev–Trinajstić information content (AvgIpc) is 2.90. The van der Waals surface area contributed by atoms with E-state index in [4.69, 9.17) is 14.6 Å². The fourth-order valence-corrected chi connectivity index (χ4v) is 2.54. The molecule has 0 bridgehead atoms. The molecule has 2 N–H and O–H groups in total. The Morgan fingerprint density at radius 3 is 2.71 bits per heavy atom. The van der Waals surface area contributed by atoms with E-state index in [1.165, 1.54) is 0 Å². The number of rotatable bonds is 4. The fraction of sp³-hybridized carbons (Fsp3) is 0.417. The molecule has 1 aromatic rings. The molecule has 0 spiro atoms. The number of hydrogen-bond acceptors (Lipinski definition) is 5. The van der Waals surface area contributed by atoms with Crippen molar-refractivity contribution >= 4 is 16.0 Å². The highest BCUT2D eigenvalue weighted by Gasteiger charge is 2.25. The summed E-state index contributed by atoms with van der Waals surface area (Å²) < 4.78 is 59.5. The van der Waals surface area contributed by atoms with Gasteiger partial charge in [0.05, 0.1) is 18.8 Å². The first-order chi connectivity index (χ1) is 9.79. The van der Waals surface area contributed by atoms with Crippen molar-refractivity contribution in [2.24, 2.45) is 11.1 Å². The van der Waals surface area contributed by atoms with Crippen LogP contribution in [0.1, 0.15) is 16.8 Å². The van der Waals surface area contributed by atoms with Gasteiger partial charge in [-0.15, -0.1) is 0 Å². The molecule has 0 aliphatic carbocycles. The van der Waals surface area contributed by atoms with Gasteiger partial charge in [-0.05, 0) is 18.6 Å². The van der Waals surface area contributed by atoms with Gasteiger partial charge in [0.1, 0.15) is 10.7 Å². The summed E-state index contributed by atoms with van der Waals surface area (Å²) in [4.78, 5) is 10.7. The molecule has 6 nitrogen and oxygen atoms in total. The van der Waals surface area contributed by atoms with E-state index >= 15 is 0 Å². The molecule has 1 aromatic carbocycles. The molecule has 1 atom stereocenters. The van der Waals surface area contributed by atoms with E-state index in [1.54, 1.807) is 0 Å². The third kappa shape index (κ3) is 3.74. The fourth-order valence-electron chi connectivity index (χ4n) is 1.91. The highest BCUT2D eigenvalue weighted by Crippen LogP contribution is 2.21. The Morgan fingerprint density at radius 1 is 1.43 bits per heavy atom. The van der Waals surface area contributed by atoms with Gasteiger partial charge in [0, 0.05) is 12.5 Å². The van der Waals surface area contributed by atoms with Gasteiger partial charge in [0.25, 0.3) is 0 Å². The summed E-state index contributed by atoms with van der Waals surface area (Å²) in [6, 6.07) is 0.976. The largest absolute Gasteiger partial charge is 0.462 e. The molecule has 1 saturated heterocycles. The van der Waals surface area contributed by atoms with E-state index < -0.39 is 38.1 Å². The number of carbonyl (C=O) groups is 1. The Balaban J connectivity index is 2.22. The highest BCUT2D eigenvalue weighted by molar-refractivity contribution is 7.89. The lowest BCUT2D eigenvalue weighted by Crippen LogP contribution is -2.19. The summed E-state index contributed by atoms with van der Waals surface area (Å²) in [5, 5.41) is 4.77. The highest BCUT2D eigenvalue weighted by atomic mass is 32.2. The van der Waals surface area contributed by atoms with Crippen LogP contribution in [-0.2, 0) is 19.5 Å². The predicted octanol–water partition coefficient (Wildman–Crippen LogP) is 0.806. The van der Waals surface area contributed by atoms with Crippen LogP contribution >= 0.6 is 0 Å². The Kier molecular flexibility index (Phi) is 4.55. The Bertz CT molecular complexity index is 656. The monoisotopic (exact) mass is 321 g/mol. The third-order valence-corrected chi connectivity index (χ3v) is 3.91. The van der Waals surface area contributed by atoms with Crippen molar-refractivity contribution in [1.29, 1.82) is 0 Å². The van der Waals surface area contributed by atoms with Crippen LogP contribution in [0.4, 0.5) is 8.78 Å². The standard InChI is InChI=1S/C12H13F2NO5S/c13-8-3-9(11(14)10(4-8)21(15,17)18)12(16)20-6-7-1-2-19-5-7/h3-4,7H,1-2,5-6H2,(H2,15,17,18). The van der Waals surface area contributed by atoms with E-state index in [0.717, 1.165) is 0 Å². The Morgan fingerprint density at radius 2 is 2.14 bits per heavy atom. The zero-order valence-corrected chi connectivity index (χ0v) is 11.7. The lowest BCUT2D eigenvalue weighted by Gasteiger charge is -2.10. The molecule has 0 aromatic heterocycles. The SMILES string of the molecule is NS(=O)(=O)c1cc(F)cc(C(=O)OCC2CCOC2)c1F. The van der Waals surface area contributed by atoms with Crippen LogP contribution < -0.4 is 5.14 Å². The zero-order valence-electron chi connectivity index (χ0n) is 10.8. The van der Waals surface area contributed by atoms with Crippen LogP contribution in [-0.4, -0.2) is 34.2 Å². The van der Waals surface area contributed by atoms with E-state index in [1.807, 2.05) is 0 Å². The van der Waals surface area contributed by atoms with Gasteiger partial charge in [0.2, 0.25) is 10.0 Å². The molecular formula is C12H13F2NO5S. The first-order valence-corrected chi connectivity index (χ1v) is 7.60. The van der Waals surface area contributed by atoms with Crippen LogP contribution in [0.3, 0.4) is 0 Å². The zero-order chi connectivity index (χ0) is 15.6. The van der Waals surface area contributed by atoms with Gasteiger partial charge in [-0.25, -0.2) is 27.1 Å². The molecule has 0 amide bonds. The van der Waals surface area contributed by atoms with Gasteiger partial charge in [-0.3, -0.25) is 0 Å². The van der Waals surface area contributed by atoms with Gasteiger partial charge < -0.3 is 9.47 Å². The molecule has 2 rings (SSSR count). The molecule has 9 heteroatoms. The normalized spacial score (nSPS) is 18.7. The Labute approximate surface area is 119 Å². The van der Waals surface area contributed by atoms with Crippen LogP contribution in [0.5, 0.6) is 0 Å². The number of carbonyl (C=O) groups excluding carboxylic acids is 1. The predicted molar refractivity (Wildman–Crippen MR) is 66.9 cm³/mol. The number of benzene rings is 1. The van der Waals surface area contributed by atoms with Gasteiger partial charge in [-0.1, -0.05) is 0 Å². The third-order valence-electron chi connectivity index (χ3n) is 3.00. The molecule has 21 heavy (non-hydrogen) atoms. The summed E-state index contributed by atoms with van der Waals surface area (Å²) in [7, 11) is -4.49. The van der Waals surface area contributed by atoms with Gasteiger partial charge in [0.15, 0.2) is 5.82 Å². The van der Waals surface area contributed by atoms with Crippen molar-refractivity contribution in [1.82, 2.24) is 0 Å². The lowest BCUT2D eigenvalue weighted by atomic mass is 10.1. The summed E-state index contributed by atoms with van der Waals surface area (Å²) in [6.07, 6.45) is 0.696. The summed E-state index contributed by atoms with van der Waals surface area (Å²) in [5.74, 6) is -3.68. The average molecular weight is 321 g/mol. The minimum absolute atomic E-state index is 0.0109. The van der Waals surface area contributed by atoms with Crippen molar-refractivity contribution in [2.45, 2.75) is 11.3 Å². The molecule has 0 saturated carbocycles. The second kappa shape index (κ2) is 6.04. The molecule has 1 heterocycles. The van der Waals surface area contributed by atoms with Crippen molar-refractivity contribution in [3.63, 3.8) is 0 Å². The topological polar surface area (TPSA) is 95.7 Å². The minimum Gasteiger partial charge on any atom is -0.462 e. The molecular weight excluding hydrogens is 308 g/mol. The first kappa shape index (κ1) is 15.8. The van der Waals surface area contributed by atoms with Gasteiger partial charge in [-0.2, -0.15) is 0 Å². The molecule has 0 radical (unpaired) electrons. The Hall–Kier alpha value is -1.58. The number of nitrogens with two attached hydrogens (primary N) is 1. The van der Waals surface area contributed by atoms with Crippen molar-refractivity contribution in [3.05, 3.63) is 29.3 Å². The summed E-state index contributed by atoms with van der Waals surface area (Å²) >= 11 is 0. The molecule has 116 valence electrons.